The van der Waals surface area contributed by atoms with Gasteiger partial charge in [-0.25, -0.2) is 0 Å². The molecule has 0 unspecified atom stereocenters. The third-order valence-electron chi connectivity index (χ3n) is 2.07. The highest BCUT2D eigenvalue weighted by Gasteiger charge is 2.22. The third kappa shape index (κ3) is 3.74. The smallest absolute Gasteiger partial charge is 0.249 e. The molecule has 1 aliphatic heterocycles. The molecular formula is C9H18N2O2. The Balaban J connectivity index is 2.03. The van der Waals surface area contributed by atoms with Gasteiger partial charge < -0.3 is 15.4 Å². The molecule has 0 aliphatic carbocycles. The van der Waals surface area contributed by atoms with Crippen molar-refractivity contribution in [3.63, 3.8) is 0 Å². The number of rotatable bonds is 5. The Morgan fingerprint density at radius 2 is 2.38 bits per heavy atom. The van der Waals surface area contributed by atoms with Gasteiger partial charge in [-0.15, -0.1) is 0 Å². The highest BCUT2D eigenvalue weighted by atomic mass is 16.5. The van der Waals surface area contributed by atoms with Crippen molar-refractivity contribution in [1.82, 2.24) is 10.6 Å². The van der Waals surface area contributed by atoms with Gasteiger partial charge in [0, 0.05) is 19.7 Å². The van der Waals surface area contributed by atoms with E-state index in [1.807, 2.05) is 6.92 Å². The van der Waals surface area contributed by atoms with E-state index < -0.39 is 0 Å². The molecule has 0 aromatic rings. The fraction of sp³-hybridized carbons (Fsp3) is 0.889. The van der Waals surface area contributed by atoms with Crippen molar-refractivity contribution in [1.29, 1.82) is 0 Å². The molecule has 1 aliphatic rings. The summed E-state index contributed by atoms with van der Waals surface area (Å²) >= 11 is 0. The molecule has 13 heavy (non-hydrogen) atoms. The third-order valence-corrected chi connectivity index (χ3v) is 2.07. The molecule has 1 atom stereocenters. The normalized spacial score (nSPS) is 21.8. The van der Waals surface area contributed by atoms with Gasteiger partial charge in [0.15, 0.2) is 0 Å². The number of nitrogens with one attached hydrogen (secondary N) is 2. The average Bonchev–Trinajstić information content (AvgIpc) is 2.65. The van der Waals surface area contributed by atoms with Crippen LogP contribution in [0, 0.1) is 0 Å². The molecule has 0 aromatic carbocycles. The summed E-state index contributed by atoms with van der Waals surface area (Å²) in [5, 5.41) is 5.97. The predicted molar refractivity (Wildman–Crippen MR) is 50.5 cm³/mol. The maximum Gasteiger partial charge on any atom is 0.249 e. The van der Waals surface area contributed by atoms with Gasteiger partial charge in [0.25, 0.3) is 0 Å². The van der Waals surface area contributed by atoms with Crippen LogP contribution < -0.4 is 10.6 Å². The Labute approximate surface area is 79.0 Å². The lowest BCUT2D eigenvalue weighted by atomic mass is 10.2. The molecule has 0 radical (unpaired) electrons. The minimum Gasteiger partial charge on any atom is -0.368 e. The Hall–Kier alpha value is -0.610. The highest BCUT2D eigenvalue weighted by Crippen LogP contribution is 2.11. The fourth-order valence-corrected chi connectivity index (χ4v) is 1.35. The van der Waals surface area contributed by atoms with E-state index in [9.17, 15) is 4.79 Å². The van der Waals surface area contributed by atoms with Crippen molar-refractivity contribution in [3.8, 4) is 0 Å². The SMILES string of the molecule is CCNCCNC(=O)[C@@H]1CCCO1. The van der Waals surface area contributed by atoms with Crippen LogP contribution in [-0.2, 0) is 9.53 Å². The zero-order valence-electron chi connectivity index (χ0n) is 8.14. The summed E-state index contributed by atoms with van der Waals surface area (Å²) in [4.78, 5) is 11.3. The van der Waals surface area contributed by atoms with Crippen LogP contribution in [-0.4, -0.2) is 38.3 Å². The first-order chi connectivity index (χ1) is 6.34. The molecule has 1 rings (SSSR count). The van der Waals surface area contributed by atoms with Gasteiger partial charge in [-0.3, -0.25) is 4.79 Å². The van der Waals surface area contributed by atoms with Crippen LogP contribution in [0.2, 0.25) is 0 Å². The van der Waals surface area contributed by atoms with Crippen LogP contribution in [0.25, 0.3) is 0 Å². The lowest BCUT2D eigenvalue weighted by Crippen LogP contribution is -2.38. The molecule has 1 heterocycles. The lowest BCUT2D eigenvalue weighted by Gasteiger charge is -2.10. The van der Waals surface area contributed by atoms with E-state index in [1.165, 1.54) is 0 Å². The summed E-state index contributed by atoms with van der Waals surface area (Å²) in [5.41, 5.74) is 0. The number of hydrogen-bond donors (Lipinski definition) is 2. The van der Waals surface area contributed by atoms with Crippen molar-refractivity contribution in [2.75, 3.05) is 26.2 Å². The van der Waals surface area contributed by atoms with Gasteiger partial charge in [-0.1, -0.05) is 6.92 Å². The zero-order chi connectivity index (χ0) is 9.52. The number of amides is 1. The summed E-state index contributed by atoms with van der Waals surface area (Å²) in [6, 6.07) is 0. The Kier molecular flexibility index (Phi) is 4.78. The quantitative estimate of drug-likeness (QED) is 0.589. The van der Waals surface area contributed by atoms with E-state index in [0.29, 0.717) is 6.54 Å². The van der Waals surface area contributed by atoms with Gasteiger partial charge in [-0.05, 0) is 19.4 Å². The van der Waals surface area contributed by atoms with E-state index >= 15 is 0 Å². The van der Waals surface area contributed by atoms with Gasteiger partial charge in [0.1, 0.15) is 6.10 Å². The van der Waals surface area contributed by atoms with E-state index in [4.69, 9.17) is 4.74 Å². The molecule has 76 valence electrons. The Morgan fingerprint density at radius 3 is 3.00 bits per heavy atom. The van der Waals surface area contributed by atoms with E-state index in [-0.39, 0.29) is 12.0 Å². The molecule has 0 aromatic heterocycles. The highest BCUT2D eigenvalue weighted by molar-refractivity contribution is 5.80. The zero-order valence-corrected chi connectivity index (χ0v) is 8.14. The van der Waals surface area contributed by atoms with Gasteiger partial charge >= 0.3 is 0 Å². The van der Waals surface area contributed by atoms with Crippen molar-refractivity contribution in [2.45, 2.75) is 25.9 Å². The van der Waals surface area contributed by atoms with Crippen molar-refractivity contribution >= 4 is 5.91 Å². The number of carbonyl (C=O) groups is 1. The summed E-state index contributed by atoms with van der Waals surface area (Å²) in [7, 11) is 0. The maximum atomic E-state index is 11.3. The molecule has 4 nitrogen and oxygen atoms in total. The van der Waals surface area contributed by atoms with Gasteiger partial charge in [0.05, 0.1) is 0 Å². The molecule has 2 N–H and O–H groups in total. The van der Waals surface area contributed by atoms with Crippen LogP contribution in [0.15, 0.2) is 0 Å². The van der Waals surface area contributed by atoms with Crippen molar-refractivity contribution < 1.29 is 9.53 Å². The maximum absolute atomic E-state index is 11.3. The van der Waals surface area contributed by atoms with Crippen LogP contribution in [0.5, 0.6) is 0 Å². The second-order valence-corrected chi connectivity index (χ2v) is 3.15. The number of carbonyl (C=O) groups excluding carboxylic acids is 1. The summed E-state index contributed by atoms with van der Waals surface area (Å²) in [5.74, 6) is 0.0374. The standard InChI is InChI=1S/C9H18N2O2/c1-2-10-5-6-11-9(12)8-4-3-7-13-8/h8,10H,2-7H2,1H3,(H,11,12)/t8-/m0/s1. The molecular weight excluding hydrogens is 168 g/mol. The van der Waals surface area contributed by atoms with E-state index in [0.717, 1.165) is 32.5 Å². The molecule has 1 amide bonds. The Morgan fingerprint density at radius 1 is 1.54 bits per heavy atom. The van der Waals surface area contributed by atoms with E-state index in [2.05, 4.69) is 10.6 Å². The second kappa shape index (κ2) is 5.94. The first kappa shape index (κ1) is 10.5. The van der Waals surface area contributed by atoms with Crippen LogP contribution in [0.3, 0.4) is 0 Å². The molecule has 0 saturated carbocycles. The minimum atomic E-state index is -0.193. The second-order valence-electron chi connectivity index (χ2n) is 3.15. The molecule has 1 saturated heterocycles. The first-order valence-electron chi connectivity index (χ1n) is 4.94. The number of likely N-dealkylation sites (N-methyl/N-ethyl adjacent to an activating group) is 1. The van der Waals surface area contributed by atoms with Crippen LogP contribution in [0.4, 0.5) is 0 Å². The minimum absolute atomic E-state index is 0.0374. The molecule has 0 spiro atoms. The monoisotopic (exact) mass is 186 g/mol. The van der Waals surface area contributed by atoms with Gasteiger partial charge in [0.2, 0.25) is 5.91 Å². The summed E-state index contributed by atoms with van der Waals surface area (Å²) in [6.45, 7) is 5.23. The molecule has 1 fully saturated rings. The largest absolute Gasteiger partial charge is 0.368 e. The first-order valence-corrected chi connectivity index (χ1v) is 4.94. The topological polar surface area (TPSA) is 50.4 Å². The average molecular weight is 186 g/mol. The van der Waals surface area contributed by atoms with Crippen molar-refractivity contribution in [3.05, 3.63) is 0 Å². The Bertz CT molecular complexity index is 156. The predicted octanol–water partition coefficient (Wildman–Crippen LogP) is -0.109. The van der Waals surface area contributed by atoms with Crippen LogP contribution >= 0.6 is 0 Å². The summed E-state index contributed by atoms with van der Waals surface area (Å²) < 4.78 is 5.24. The van der Waals surface area contributed by atoms with Gasteiger partial charge in [-0.2, -0.15) is 0 Å². The number of ether oxygens (including phenoxy) is 1. The van der Waals surface area contributed by atoms with E-state index in [1.54, 1.807) is 0 Å². The number of hydrogen-bond acceptors (Lipinski definition) is 3. The lowest BCUT2D eigenvalue weighted by molar-refractivity contribution is -0.129. The summed E-state index contributed by atoms with van der Waals surface area (Å²) in [6.07, 6.45) is 1.68. The van der Waals surface area contributed by atoms with Crippen LogP contribution in [0.1, 0.15) is 19.8 Å². The van der Waals surface area contributed by atoms with Crippen molar-refractivity contribution in [2.24, 2.45) is 0 Å². The molecule has 0 bridgehead atoms. The molecule has 4 heteroatoms. The fourth-order valence-electron chi connectivity index (χ4n) is 1.35.